The van der Waals surface area contributed by atoms with Crippen molar-refractivity contribution >= 4 is 51.6 Å². The van der Waals surface area contributed by atoms with Gasteiger partial charge in [0.15, 0.2) is 5.96 Å². The molecule has 0 amide bonds. The van der Waals surface area contributed by atoms with Crippen molar-refractivity contribution in [1.82, 2.24) is 14.9 Å². The Morgan fingerprint density at radius 2 is 2.04 bits per heavy atom. The summed E-state index contributed by atoms with van der Waals surface area (Å²) in [5.74, 6) is 0.615. The molecular formula is C18H30ClIN4O3S. The van der Waals surface area contributed by atoms with Crippen molar-refractivity contribution < 1.29 is 13.2 Å². The minimum Gasteiger partial charge on any atom is -0.377 e. The number of aliphatic imine (C=N–C) groups is 1. The number of sulfonamides is 1. The Balaban J connectivity index is 0.00000392. The molecule has 0 saturated carbocycles. The van der Waals surface area contributed by atoms with Gasteiger partial charge in [0, 0.05) is 45.4 Å². The Labute approximate surface area is 190 Å². The fourth-order valence-corrected chi connectivity index (χ4v) is 3.96. The molecule has 1 atom stereocenters. The van der Waals surface area contributed by atoms with E-state index in [0.717, 1.165) is 24.8 Å². The van der Waals surface area contributed by atoms with Gasteiger partial charge in [-0.05, 0) is 37.0 Å². The first-order valence-corrected chi connectivity index (χ1v) is 11.2. The van der Waals surface area contributed by atoms with Crippen molar-refractivity contribution in [2.24, 2.45) is 4.99 Å². The predicted molar refractivity (Wildman–Crippen MR) is 125 cm³/mol. The van der Waals surface area contributed by atoms with Crippen molar-refractivity contribution in [2.45, 2.75) is 31.9 Å². The van der Waals surface area contributed by atoms with Crippen LogP contribution in [0.1, 0.15) is 24.8 Å². The average molecular weight is 545 g/mol. The second-order valence-corrected chi connectivity index (χ2v) is 8.98. The van der Waals surface area contributed by atoms with Crippen LogP contribution < -0.4 is 10.0 Å². The van der Waals surface area contributed by atoms with Crippen LogP contribution in [0.15, 0.2) is 29.3 Å². The summed E-state index contributed by atoms with van der Waals surface area (Å²) in [6.07, 6.45) is 3.03. The van der Waals surface area contributed by atoms with Crippen LogP contribution in [0.4, 0.5) is 0 Å². The molecule has 0 radical (unpaired) electrons. The van der Waals surface area contributed by atoms with Crippen LogP contribution in [-0.2, 0) is 21.3 Å². The third-order valence-electron chi connectivity index (χ3n) is 4.37. The molecule has 0 bridgehead atoms. The molecule has 160 valence electrons. The molecule has 7 nitrogen and oxygen atoms in total. The Morgan fingerprint density at radius 3 is 2.64 bits per heavy atom. The first-order valence-electron chi connectivity index (χ1n) is 9.15. The van der Waals surface area contributed by atoms with Crippen LogP contribution in [-0.4, -0.2) is 64.9 Å². The normalized spacial score (nSPS) is 17.7. The lowest BCUT2D eigenvalue weighted by Gasteiger charge is -2.23. The maximum absolute atomic E-state index is 12.2. The number of hydrogen-bond donors (Lipinski definition) is 2. The molecule has 2 N–H and O–H groups in total. The highest BCUT2D eigenvalue weighted by Gasteiger charge is 2.18. The van der Waals surface area contributed by atoms with E-state index in [-0.39, 0.29) is 42.4 Å². The van der Waals surface area contributed by atoms with Crippen molar-refractivity contribution in [3.05, 3.63) is 34.9 Å². The van der Waals surface area contributed by atoms with Gasteiger partial charge in [-0.2, -0.15) is 0 Å². The molecule has 1 fully saturated rings. The number of nitrogens with one attached hydrogen (secondary N) is 2. The van der Waals surface area contributed by atoms with Gasteiger partial charge in [-0.3, -0.25) is 4.99 Å². The van der Waals surface area contributed by atoms with E-state index in [1.165, 1.54) is 0 Å². The van der Waals surface area contributed by atoms with E-state index in [1.54, 1.807) is 7.05 Å². The van der Waals surface area contributed by atoms with Crippen LogP contribution >= 0.6 is 35.6 Å². The summed E-state index contributed by atoms with van der Waals surface area (Å²) in [6.45, 7) is 1.97. The van der Waals surface area contributed by atoms with Crippen LogP contribution in [0.2, 0.25) is 5.02 Å². The van der Waals surface area contributed by atoms with E-state index < -0.39 is 10.0 Å². The fourth-order valence-electron chi connectivity index (χ4n) is 2.88. The van der Waals surface area contributed by atoms with Gasteiger partial charge in [0.25, 0.3) is 0 Å². The summed E-state index contributed by atoms with van der Waals surface area (Å²) in [5.41, 5.74) is 1.09. The smallest absolute Gasteiger partial charge is 0.213 e. The fraction of sp³-hybridized carbons (Fsp3) is 0.611. The summed E-state index contributed by atoms with van der Waals surface area (Å²) >= 11 is 5.90. The van der Waals surface area contributed by atoms with Crippen LogP contribution in [0, 0.1) is 0 Å². The Hall–Kier alpha value is -0.620. The third kappa shape index (κ3) is 9.25. The first kappa shape index (κ1) is 25.4. The zero-order valence-corrected chi connectivity index (χ0v) is 20.3. The van der Waals surface area contributed by atoms with Gasteiger partial charge in [-0.25, -0.2) is 13.1 Å². The van der Waals surface area contributed by atoms with Gasteiger partial charge in [-0.15, -0.1) is 24.0 Å². The molecular weight excluding hydrogens is 515 g/mol. The molecule has 1 aliphatic rings. The Morgan fingerprint density at radius 1 is 1.32 bits per heavy atom. The quantitative estimate of drug-likeness (QED) is 0.298. The average Bonchev–Trinajstić information content (AvgIpc) is 2.66. The zero-order chi connectivity index (χ0) is 19.7. The second-order valence-electron chi connectivity index (χ2n) is 6.61. The van der Waals surface area contributed by atoms with Gasteiger partial charge >= 0.3 is 0 Å². The maximum atomic E-state index is 12.2. The summed E-state index contributed by atoms with van der Waals surface area (Å²) in [7, 11) is 0.219. The zero-order valence-electron chi connectivity index (χ0n) is 16.4. The SMILES string of the molecule is CN=C(NCCS(=O)(=O)NCC1CCCCO1)N(C)Cc1ccc(Cl)cc1.I. The van der Waals surface area contributed by atoms with Gasteiger partial charge < -0.3 is 15.0 Å². The summed E-state index contributed by atoms with van der Waals surface area (Å²) in [6, 6.07) is 7.59. The molecule has 0 spiro atoms. The summed E-state index contributed by atoms with van der Waals surface area (Å²) in [5, 5.41) is 3.79. The van der Waals surface area contributed by atoms with Crippen LogP contribution in [0.3, 0.4) is 0 Å². The van der Waals surface area contributed by atoms with Crippen molar-refractivity contribution in [2.75, 3.05) is 39.5 Å². The lowest BCUT2D eigenvalue weighted by Crippen LogP contribution is -2.43. The molecule has 2 rings (SSSR count). The molecule has 1 saturated heterocycles. The third-order valence-corrected chi connectivity index (χ3v) is 5.97. The number of guanidine groups is 1. The lowest BCUT2D eigenvalue weighted by molar-refractivity contribution is 0.0200. The number of rotatable bonds is 8. The van der Waals surface area contributed by atoms with Gasteiger partial charge in [-0.1, -0.05) is 23.7 Å². The van der Waals surface area contributed by atoms with Gasteiger partial charge in [0.1, 0.15) is 0 Å². The topological polar surface area (TPSA) is 83.0 Å². The first-order chi connectivity index (χ1) is 12.9. The second kappa shape index (κ2) is 12.8. The number of halogens is 2. The molecule has 10 heteroatoms. The molecule has 1 aliphatic heterocycles. The van der Waals surface area contributed by atoms with Crippen molar-refractivity contribution in [3.8, 4) is 0 Å². The predicted octanol–water partition coefficient (Wildman–Crippen LogP) is 2.45. The number of hydrogen-bond acceptors (Lipinski definition) is 4. The van der Waals surface area contributed by atoms with E-state index in [2.05, 4.69) is 15.0 Å². The van der Waals surface area contributed by atoms with Crippen molar-refractivity contribution in [3.63, 3.8) is 0 Å². The summed E-state index contributed by atoms with van der Waals surface area (Å²) in [4.78, 5) is 6.14. The molecule has 1 heterocycles. The largest absolute Gasteiger partial charge is 0.377 e. The minimum atomic E-state index is -3.35. The van der Waals surface area contributed by atoms with E-state index >= 15 is 0 Å². The number of ether oxygens (including phenoxy) is 1. The Kier molecular flexibility index (Phi) is 11.7. The summed E-state index contributed by atoms with van der Waals surface area (Å²) < 4.78 is 32.5. The minimum absolute atomic E-state index is 0. The molecule has 1 unspecified atom stereocenters. The van der Waals surface area contributed by atoms with E-state index in [4.69, 9.17) is 16.3 Å². The Bertz CT molecular complexity index is 710. The number of nitrogens with zero attached hydrogens (tertiary/aromatic N) is 2. The molecule has 28 heavy (non-hydrogen) atoms. The highest BCUT2D eigenvalue weighted by atomic mass is 127. The highest BCUT2D eigenvalue weighted by molar-refractivity contribution is 14.0. The van der Waals surface area contributed by atoms with Crippen LogP contribution in [0.25, 0.3) is 0 Å². The van der Waals surface area contributed by atoms with E-state index in [1.807, 2.05) is 36.2 Å². The molecule has 1 aromatic rings. The molecule has 0 aromatic heterocycles. The number of benzene rings is 1. The monoisotopic (exact) mass is 544 g/mol. The van der Waals surface area contributed by atoms with Crippen molar-refractivity contribution in [1.29, 1.82) is 0 Å². The van der Waals surface area contributed by atoms with Gasteiger partial charge in [0.05, 0.1) is 11.9 Å². The van der Waals surface area contributed by atoms with Gasteiger partial charge in [0.2, 0.25) is 10.0 Å². The molecule has 1 aromatic carbocycles. The maximum Gasteiger partial charge on any atom is 0.213 e. The van der Waals surface area contributed by atoms with Crippen LogP contribution in [0.5, 0.6) is 0 Å². The molecule has 0 aliphatic carbocycles. The highest BCUT2D eigenvalue weighted by Crippen LogP contribution is 2.12. The van der Waals surface area contributed by atoms with E-state index in [0.29, 0.717) is 30.7 Å². The van der Waals surface area contributed by atoms with E-state index in [9.17, 15) is 8.42 Å². The lowest BCUT2D eigenvalue weighted by atomic mass is 10.1. The standard InChI is InChI=1S/C18H29ClN4O3S.HI/c1-20-18(23(2)14-15-6-8-16(19)9-7-15)21-10-12-27(24,25)22-13-17-5-3-4-11-26-17;/h6-9,17,22H,3-5,10-14H2,1-2H3,(H,20,21);1H.